The summed E-state index contributed by atoms with van der Waals surface area (Å²) in [5.74, 6) is -0.880. The molecule has 0 bridgehead atoms. The van der Waals surface area contributed by atoms with E-state index in [2.05, 4.69) is 10.6 Å². The first-order valence-corrected chi connectivity index (χ1v) is 9.51. The van der Waals surface area contributed by atoms with Gasteiger partial charge in [0.25, 0.3) is 0 Å². The molecular formula is C22H27N3O4. The Morgan fingerprint density at radius 3 is 2.10 bits per heavy atom. The maximum Gasteiger partial charge on any atom is 0.340 e. The van der Waals surface area contributed by atoms with Gasteiger partial charge in [-0.3, -0.25) is 9.59 Å². The molecule has 1 aromatic carbocycles. The van der Waals surface area contributed by atoms with Crippen LogP contribution in [0, 0.1) is 13.8 Å². The van der Waals surface area contributed by atoms with E-state index in [9.17, 15) is 14.4 Å². The Balaban J connectivity index is 2.21. The Labute approximate surface area is 170 Å². The molecule has 7 nitrogen and oxygen atoms in total. The summed E-state index contributed by atoms with van der Waals surface area (Å²) in [4.78, 5) is 35.8. The number of amides is 2. The van der Waals surface area contributed by atoms with Crippen molar-refractivity contribution in [3.05, 3.63) is 52.9 Å². The van der Waals surface area contributed by atoms with Crippen molar-refractivity contribution in [3.8, 4) is 0 Å². The van der Waals surface area contributed by atoms with E-state index in [1.54, 1.807) is 37.3 Å². The third kappa shape index (κ3) is 5.34. The number of nitrogens with one attached hydrogen (secondary N) is 2. The molecule has 1 heterocycles. The van der Waals surface area contributed by atoms with Crippen LogP contribution in [0.15, 0.2) is 30.3 Å². The minimum Gasteiger partial charge on any atom is -0.462 e. The van der Waals surface area contributed by atoms with Gasteiger partial charge in [-0.25, -0.2) is 4.79 Å². The van der Waals surface area contributed by atoms with Crippen molar-refractivity contribution < 1.29 is 19.1 Å². The molecule has 0 fully saturated rings. The van der Waals surface area contributed by atoms with Crippen molar-refractivity contribution >= 4 is 35.2 Å². The van der Waals surface area contributed by atoms with Crippen LogP contribution in [-0.4, -0.2) is 29.0 Å². The SMILES string of the molecule is CCOC(=O)c1c(/C=C/C(=O)Nc2ccc(NC(C)=O)cc2)c(C)n(CC)c1C. The predicted molar refractivity (Wildman–Crippen MR) is 114 cm³/mol. The Bertz CT molecular complexity index is 940. The molecule has 0 aliphatic rings. The van der Waals surface area contributed by atoms with Crippen LogP contribution in [0.3, 0.4) is 0 Å². The van der Waals surface area contributed by atoms with Gasteiger partial charge in [0, 0.05) is 47.9 Å². The molecule has 2 aromatic rings. The molecule has 0 spiro atoms. The van der Waals surface area contributed by atoms with Crippen LogP contribution in [0.5, 0.6) is 0 Å². The molecule has 0 saturated heterocycles. The highest BCUT2D eigenvalue weighted by molar-refractivity contribution is 6.04. The van der Waals surface area contributed by atoms with Crippen LogP contribution in [0.2, 0.25) is 0 Å². The van der Waals surface area contributed by atoms with Crippen molar-refractivity contribution in [1.29, 1.82) is 0 Å². The highest BCUT2D eigenvalue weighted by atomic mass is 16.5. The zero-order chi connectivity index (χ0) is 21.6. The molecule has 7 heteroatoms. The largest absolute Gasteiger partial charge is 0.462 e. The number of ether oxygens (including phenoxy) is 1. The van der Waals surface area contributed by atoms with E-state index >= 15 is 0 Å². The lowest BCUT2D eigenvalue weighted by atomic mass is 10.1. The maximum atomic E-state index is 12.4. The van der Waals surface area contributed by atoms with Gasteiger partial charge in [0.15, 0.2) is 0 Å². The van der Waals surface area contributed by atoms with E-state index in [4.69, 9.17) is 4.74 Å². The Hall–Kier alpha value is -3.35. The second kappa shape index (κ2) is 9.73. The molecule has 0 unspecified atom stereocenters. The minimum absolute atomic E-state index is 0.160. The zero-order valence-corrected chi connectivity index (χ0v) is 17.5. The van der Waals surface area contributed by atoms with Crippen molar-refractivity contribution in [1.82, 2.24) is 4.57 Å². The van der Waals surface area contributed by atoms with Crippen LogP contribution in [0.4, 0.5) is 11.4 Å². The molecule has 0 atom stereocenters. The number of benzene rings is 1. The summed E-state index contributed by atoms with van der Waals surface area (Å²) in [7, 11) is 0. The lowest BCUT2D eigenvalue weighted by Gasteiger charge is -2.05. The summed E-state index contributed by atoms with van der Waals surface area (Å²) in [5, 5.41) is 5.43. The average molecular weight is 397 g/mol. The number of aromatic nitrogens is 1. The third-order valence-corrected chi connectivity index (χ3v) is 4.50. The van der Waals surface area contributed by atoms with E-state index in [1.165, 1.54) is 13.0 Å². The summed E-state index contributed by atoms with van der Waals surface area (Å²) in [5.41, 5.74) is 4.12. The van der Waals surface area contributed by atoms with Gasteiger partial charge in [-0.2, -0.15) is 0 Å². The van der Waals surface area contributed by atoms with Crippen LogP contribution >= 0.6 is 0 Å². The summed E-state index contributed by atoms with van der Waals surface area (Å²) < 4.78 is 7.21. The van der Waals surface area contributed by atoms with E-state index in [0.717, 1.165) is 11.4 Å². The number of hydrogen-bond acceptors (Lipinski definition) is 4. The highest BCUT2D eigenvalue weighted by Crippen LogP contribution is 2.25. The summed E-state index contributed by atoms with van der Waals surface area (Å²) in [6.45, 7) is 9.98. The Morgan fingerprint density at radius 2 is 1.59 bits per heavy atom. The van der Waals surface area contributed by atoms with Gasteiger partial charge in [-0.05, 0) is 58.0 Å². The number of esters is 1. The first-order valence-electron chi connectivity index (χ1n) is 9.51. The fourth-order valence-corrected chi connectivity index (χ4v) is 3.23. The van der Waals surface area contributed by atoms with Crippen LogP contribution in [0.1, 0.15) is 48.1 Å². The summed E-state index contributed by atoms with van der Waals surface area (Å²) >= 11 is 0. The fourth-order valence-electron chi connectivity index (χ4n) is 3.23. The van der Waals surface area contributed by atoms with Gasteiger partial charge >= 0.3 is 5.97 Å². The van der Waals surface area contributed by atoms with E-state index in [0.29, 0.717) is 29.0 Å². The molecule has 2 N–H and O–H groups in total. The van der Waals surface area contributed by atoms with E-state index in [-0.39, 0.29) is 18.4 Å². The predicted octanol–water partition coefficient (Wildman–Crippen LogP) is 3.91. The summed E-state index contributed by atoms with van der Waals surface area (Å²) in [6.07, 6.45) is 3.04. The molecule has 0 aliphatic carbocycles. The van der Waals surface area contributed by atoms with Crippen LogP contribution in [0.25, 0.3) is 6.08 Å². The average Bonchev–Trinajstić information content (AvgIpc) is 2.90. The Morgan fingerprint density at radius 1 is 1.00 bits per heavy atom. The van der Waals surface area contributed by atoms with Gasteiger partial charge in [0.1, 0.15) is 0 Å². The first-order chi connectivity index (χ1) is 13.8. The fraction of sp³-hybridized carbons (Fsp3) is 0.318. The van der Waals surface area contributed by atoms with Crippen LogP contribution in [-0.2, 0) is 20.9 Å². The first kappa shape index (κ1) is 21.9. The van der Waals surface area contributed by atoms with Crippen LogP contribution < -0.4 is 10.6 Å². The smallest absolute Gasteiger partial charge is 0.340 e. The second-order valence-electron chi connectivity index (χ2n) is 6.51. The lowest BCUT2D eigenvalue weighted by molar-refractivity contribution is -0.114. The third-order valence-electron chi connectivity index (χ3n) is 4.50. The van der Waals surface area contributed by atoms with Crippen molar-refractivity contribution in [2.24, 2.45) is 0 Å². The number of hydrogen-bond donors (Lipinski definition) is 2. The molecular weight excluding hydrogens is 370 g/mol. The molecule has 1 aromatic heterocycles. The number of carbonyl (C=O) groups excluding carboxylic acids is 3. The van der Waals surface area contributed by atoms with Crippen molar-refractivity contribution in [2.45, 2.75) is 41.2 Å². The molecule has 154 valence electrons. The number of anilines is 2. The highest BCUT2D eigenvalue weighted by Gasteiger charge is 2.22. The molecule has 0 aliphatic heterocycles. The van der Waals surface area contributed by atoms with Crippen molar-refractivity contribution in [3.63, 3.8) is 0 Å². The van der Waals surface area contributed by atoms with Crippen molar-refractivity contribution in [2.75, 3.05) is 17.2 Å². The molecule has 2 rings (SSSR count). The number of rotatable bonds is 7. The molecule has 29 heavy (non-hydrogen) atoms. The molecule has 0 radical (unpaired) electrons. The van der Waals surface area contributed by atoms with Gasteiger partial charge in [0.05, 0.1) is 12.2 Å². The van der Waals surface area contributed by atoms with Gasteiger partial charge in [-0.1, -0.05) is 0 Å². The standard InChI is InChI=1S/C22H27N3O4/c1-6-25-14(3)19(21(15(25)4)22(28)29-7-2)12-13-20(27)24-18-10-8-17(9-11-18)23-16(5)26/h8-13H,6-7H2,1-5H3,(H,23,26)(H,24,27)/b13-12+. The zero-order valence-electron chi connectivity index (χ0n) is 17.5. The molecule has 2 amide bonds. The summed E-state index contributed by atoms with van der Waals surface area (Å²) in [6, 6.07) is 6.80. The van der Waals surface area contributed by atoms with Gasteiger partial charge in [0.2, 0.25) is 11.8 Å². The quantitative estimate of drug-likeness (QED) is 0.547. The van der Waals surface area contributed by atoms with Gasteiger partial charge < -0.3 is 19.9 Å². The second-order valence-corrected chi connectivity index (χ2v) is 6.51. The lowest BCUT2D eigenvalue weighted by Crippen LogP contribution is -2.09. The monoisotopic (exact) mass is 397 g/mol. The van der Waals surface area contributed by atoms with Gasteiger partial charge in [-0.15, -0.1) is 0 Å². The number of carbonyl (C=O) groups is 3. The maximum absolute atomic E-state index is 12.4. The Kier molecular flexibility index (Phi) is 7.36. The normalized spacial score (nSPS) is 10.8. The topological polar surface area (TPSA) is 89.4 Å². The van der Waals surface area contributed by atoms with E-state index in [1.807, 2.05) is 25.3 Å². The minimum atomic E-state index is -0.395. The molecule has 0 saturated carbocycles. The number of nitrogens with zero attached hydrogens (tertiary/aromatic N) is 1. The van der Waals surface area contributed by atoms with E-state index < -0.39 is 5.97 Å².